The van der Waals surface area contributed by atoms with Crippen LogP contribution in [0.3, 0.4) is 0 Å². The van der Waals surface area contributed by atoms with Gasteiger partial charge in [0.25, 0.3) is 0 Å². The topological polar surface area (TPSA) is 0 Å². The first kappa shape index (κ1) is 12.3. The minimum atomic E-state index is -1.91. The third kappa shape index (κ3) is 1.19. The maximum atomic E-state index is 2.44. The number of rotatable bonds is 0. The molecule has 0 fully saturated rings. The average Bonchev–Trinajstić information content (AvgIpc) is 3.11. The lowest BCUT2D eigenvalue weighted by molar-refractivity contribution is -0.860. The summed E-state index contributed by atoms with van der Waals surface area (Å²) in [6, 6.07) is 27.9. The van der Waals surface area contributed by atoms with Gasteiger partial charge in [-0.2, -0.15) is 0 Å². The second-order valence-corrected chi connectivity index (χ2v) is 11.3. The number of quaternary nitrogens is 1. The fraction of sp³-hybridized carbons (Fsp3) is 0.143. The SMILES string of the molecule is c1ccc2c(c1)C[N+]13Cc4ccccc4[Si]21c1ccccc1C3. The van der Waals surface area contributed by atoms with Crippen molar-refractivity contribution in [3.8, 4) is 0 Å². The minimum absolute atomic E-state index is 1.21. The largest absolute Gasteiger partial charge is 0.386 e. The van der Waals surface area contributed by atoms with Gasteiger partial charge < -0.3 is 4.15 Å². The zero-order chi connectivity index (χ0) is 15.1. The lowest BCUT2D eigenvalue weighted by Gasteiger charge is -2.37. The molecule has 0 saturated carbocycles. The molecule has 0 unspecified atom stereocenters. The lowest BCUT2D eigenvalue weighted by Crippen LogP contribution is -2.74. The number of nitrogens with zero attached hydrogens (tertiary/aromatic N) is 1. The highest BCUT2D eigenvalue weighted by atomic mass is 28.3. The molecule has 0 radical (unpaired) electrons. The Morgan fingerprint density at radius 3 is 1.26 bits per heavy atom. The van der Waals surface area contributed by atoms with Gasteiger partial charge in [0, 0.05) is 32.3 Å². The lowest BCUT2D eigenvalue weighted by atomic mass is 10.1. The summed E-state index contributed by atoms with van der Waals surface area (Å²) in [6.07, 6.45) is 0. The van der Waals surface area contributed by atoms with Gasteiger partial charge in [0.2, 0.25) is 0 Å². The highest BCUT2D eigenvalue weighted by Gasteiger charge is 2.72. The van der Waals surface area contributed by atoms with Crippen molar-refractivity contribution in [1.82, 2.24) is 0 Å². The van der Waals surface area contributed by atoms with E-state index < -0.39 is 8.24 Å². The maximum Gasteiger partial charge on any atom is 0.386 e. The smallest absolute Gasteiger partial charge is 0.361 e. The first-order valence-corrected chi connectivity index (χ1v) is 10.4. The maximum absolute atomic E-state index is 2.44. The molecule has 1 nitrogen and oxygen atoms in total. The Morgan fingerprint density at radius 2 is 0.870 bits per heavy atom. The highest BCUT2D eigenvalue weighted by Crippen LogP contribution is 2.44. The molecule has 0 saturated heterocycles. The van der Waals surface area contributed by atoms with Crippen LogP contribution in [0.25, 0.3) is 0 Å². The molecule has 23 heavy (non-hydrogen) atoms. The Labute approximate surface area is 137 Å². The van der Waals surface area contributed by atoms with Crippen LogP contribution in [0, 0.1) is 0 Å². The van der Waals surface area contributed by atoms with E-state index in [1.165, 1.54) is 23.8 Å². The van der Waals surface area contributed by atoms with Gasteiger partial charge in [-0.3, -0.25) is 0 Å². The van der Waals surface area contributed by atoms with Crippen LogP contribution in [0.4, 0.5) is 0 Å². The first-order chi connectivity index (χ1) is 11.4. The van der Waals surface area contributed by atoms with E-state index in [2.05, 4.69) is 72.8 Å². The minimum Gasteiger partial charge on any atom is -0.361 e. The molecular weight excluding hydrogens is 294 g/mol. The standard InChI is InChI=1S/C21H18NSi/c1-4-10-19-16(7-1)13-22-14-17-8-2-5-11-20(17)23(19,22)21-12-6-3-9-18(21)15-22/h1-12H,13-15H2/q+1. The molecule has 0 amide bonds. The van der Waals surface area contributed by atoms with Crippen molar-refractivity contribution in [2.75, 3.05) is 0 Å². The van der Waals surface area contributed by atoms with Crippen LogP contribution < -0.4 is 15.6 Å². The van der Waals surface area contributed by atoms with Crippen LogP contribution >= 0.6 is 0 Å². The highest BCUT2D eigenvalue weighted by molar-refractivity contribution is 7.08. The Balaban J connectivity index is 1.82. The van der Waals surface area contributed by atoms with Crippen molar-refractivity contribution in [2.45, 2.75) is 19.6 Å². The summed E-state index contributed by atoms with van der Waals surface area (Å²) in [6.45, 7) is 3.64. The van der Waals surface area contributed by atoms with Gasteiger partial charge in [-0.05, 0) is 0 Å². The fourth-order valence-electron chi connectivity index (χ4n) is 5.74. The molecule has 0 aromatic heterocycles. The molecule has 0 bridgehead atoms. The van der Waals surface area contributed by atoms with Crippen LogP contribution in [-0.2, 0) is 19.6 Å². The molecule has 0 N–H and O–H groups in total. The number of hydrogen-bond donors (Lipinski definition) is 0. The Morgan fingerprint density at radius 1 is 0.522 bits per heavy atom. The average molecular weight is 312 g/mol. The Bertz CT molecular complexity index is 852. The molecule has 0 atom stereocenters. The third-order valence-electron chi connectivity index (χ3n) is 6.35. The normalized spacial score (nSPS) is 28.7. The van der Waals surface area contributed by atoms with E-state index in [4.69, 9.17) is 0 Å². The molecule has 0 spiro atoms. The van der Waals surface area contributed by atoms with Crippen LogP contribution in [0.1, 0.15) is 16.7 Å². The molecular formula is C21H18NSi+. The summed E-state index contributed by atoms with van der Waals surface area (Å²) in [7, 11) is -1.91. The number of benzene rings is 3. The molecule has 3 aliphatic rings. The third-order valence-corrected chi connectivity index (χ3v) is 12.1. The summed E-state index contributed by atoms with van der Waals surface area (Å²) >= 11 is 0. The molecule has 6 rings (SSSR count). The van der Waals surface area contributed by atoms with Gasteiger partial charge in [0.15, 0.2) is 0 Å². The zero-order valence-electron chi connectivity index (χ0n) is 13.0. The zero-order valence-corrected chi connectivity index (χ0v) is 14.0. The predicted octanol–water partition coefficient (Wildman–Crippen LogP) is 2.01. The summed E-state index contributed by atoms with van der Waals surface area (Å²) in [5.74, 6) is 0. The van der Waals surface area contributed by atoms with Crippen molar-refractivity contribution < 1.29 is 4.15 Å². The van der Waals surface area contributed by atoms with Crippen molar-refractivity contribution in [3.63, 3.8) is 0 Å². The van der Waals surface area contributed by atoms with Gasteiger partial charge in [0.05, 0.1) is 19.6 Å². The molecule has 3 heterocycles. The summed E-state index contributed by atoms with van der Waals surface area (Å²) in [5.41, 5.74) is 4.80. The van der Waals surface area contributed by atoms with Crippen LogP contribution in [0.5, 0.6) is 0 Å². The molecule has 3 aromatic carbocycles. The van der Waals surface area contributed by atoms with E-state index in [0.717, 1.165) is 0 Å². The van der Waals surface area contributed by atoms with Gasteiger partial charge in [0.1, 0.15) is 0 Å². The van der Waals surface area contributed by atoms with Crippen LogP contribution in [-0.4, -0.2) is 12.4 Å². The quantitative estimate of drug-likeness (QED) is 0.557. The van der Waals surface area contributed by atoms with Gasteiger partial charge in [-0.1, -0.05) is 72.8 Å². The molecule has 0 aliphatic carbocycles. The molecule has 3 aliphatic heterocycles. The molecule has 3 aromatic rings. The predicted molar refractivity (Wildman–Crippen MR) is 95.4 cm³/mol. The van der Waals surface area contributed by atoms with Gasteiger partial charge in [-0.15, -0.1) is 0 Å². The second kappa shape index (κ2) is 3.84. The van der Waals surface area contributed by atoms with Crippen molar-refractivity contribution in [1.29, 1.82) is 0 Å². The Kier molecular flexibility index (Phi) is 2.05. The van der Waals surface area contributed by atoms with E-state index in [1.807, 2.05) is 0 Å². The van der Waals surface area contributed by atoms with E-state index in [1.54, 1.807) is 32.3 Å². The van der Waals surface area contributed by atoms with E-state index >= 15 is 0 Å². The summed E-state index contributed by atoms with van der Waals surface area (Å²) in [5, 5.41) is 5.03. The van der Waals surface area contributed by atoms with E-state index in [-0.39, 0.29) is 0 Å². The van der Waals surface area contributed by atoms with E-state index in [0.29, 0.717) is 0 Å². The summed E-state index contributed by atoms with van der Waals surface area (Å²) < 4.78 is 1.28. The summed E-state index contributed by atoms with van der Waals surface area (Å²) in [4.78, 5) is 0. The molecule has 2 heteroatoms. The number of fused-ring (bicyclic) bond motifs is 3. The molecule has 110 valence electrons. The monoisotopic (exact) mass is 312 g/mol. The van der Waals surface area contributed by atoms with Crippen LogP contribution in [0.15, 0.2) is 72.8 Å². The van der Waals surface area contributed by atoms with Crippen molar-refractivity contribution in [2.24, 2.45) is 0 Å². The van der Waals surface area contributed by atoms with Crippen LogP contribution in [0.2, 0.25) is 0 Å². The van der Waals surface area contributed by atoms with Crippen molar-refractivity contribution >= 4 is 23.8 Å². The van der Waals surface area contributed by atoms with Gasteiger partial charge >= 0.3 is 8.24 Å². The van der Waals surface area contributed by atoms with E-state index in [9.17, 15) is 0 Å². The number of hydrogen-bond acceptors (Lipinski definition) is 0. The second-order valence-electron chi connectivity index (χ2n) is 7.30. The fourth-order valence-corrected chi connectivity index (χ4v) is 12.3. The van der Waals surface area contributed by atoms with Crippen molar-refractivity contribution in [3.05, 3.63) is 89.5 Å². The first-order valence-electron chi connectivity index (χ1n) is 8.47. The Hall–Kier alpha value is -2.16. The van der Waals surface area contributed by atoms with Gasteiger partial charge in [-0.25, -0.2) is 0 Å².